The van der Waals surface area contributed by atoms with Crippen molar-refractivity contribution in [1.82, 2.24) is 15.1 Å². The molecule has 4 aliphatic rings. The van der Waals surface area contributed by atoms with Gasteiger partial charge in [0.05, 0.1) is 6.54 Å². The van der Waals surface area contributed by atoms with Crippen LogP contribution in [0.25, 0.3) is 0 Å². The lowest BCUT2D eigenvalue weighted by molar-refractivity contribution is -0.142. The highest BCUT2D eigenvalue weighted by Gasteiger charge is 2.56. The number of nitrogens with zero attached hydrogens (tertiary/aromatic N) is 2. The van der Waals surface area contributed by atoms with Gasteiger partial charge in [-0.15, -0.1) is 0 Å². The van der Waals surface area contributed by atoms with E-state index >= 15 is 0 Å². The minimum absolute atomic E-state index is 0.0574. The van der Waals surface area contributed by atoms with Crippen molar-refractivity contribution in [3.8, 4) is 0 Å². The number of amides is 2. The standard InChI is InChI=1S/C27H37N3O5/c1-17(2)29-13-9-19(10-14-29)18-5-7-20(8-6-18)25(33)28-27(11-3-4-12-27)26(34)30-15-21(31)24-23(30)22(32)16-35-24/h5-8,17,19,21,23-24,31H,3-4,9-16H2,1-2H3,(H,28,33)/t21-,23+,24+/m0/s1. The van der Waals surface area contributed by atoms with Crippen molar-refractivity contribution in [2.24, 2.45) is 0 Å². The normalized spacial score (nSPS) is 29.1. The van der Waals surface area contributed by atoms with Crippen molar-refractivity contribution >= 4 is 17.6 Å². The Morgan fingerprint density at radius 2 is 1.77 bits per heavy atom. The van der Waals surface area contributed by atoms with Gasteiger partial charge >= 0.3 is 0 Å². The molecule has 8 nitrogen and oxygen atoms in total. The number of ketones is 1. The molecule has 0 aromatic heterocycles. The van der Waals surface area contributed by atoms with Gasteiger partial charge in [0.2, 0.25) is 5.91 Å². The number of aliphatic hydroxyl groups excluding tert-OH is 1. The van der Waals surface area contributed by atoms with Gasteiger partial charge in [-0.1, -0.05) is 25.0 Å². The van der Waals surface area contributed by atoms with Gasteiger partial charge in [0.25, 0.3) is 5.91 Å². The van der Waals surface area contributed by atoms with E-state index in [0.29, 0.717) is 30.4 Å². The van der Waals surface area contributed by atoms with Crippen molar-refractivity contribution < 1.29 is 24.2 Å². The molecule has 0 spiro atoms. The fourth-order valence-electron chi connectivity index (χ4n) is 6.43. The summed E-state index contributed by atoms with van der Waals surface area (Å²) >= 11 is 0. The van der Waals surface area contributed by atoms with E-state index in [4.69, 9.17) is 4.74 Å². The van der Waals surface area contributed by atoms with E-state index in [-0.39, 0.29) is 30.7 Å². The van der Waals surface area contributed by atoms with Gasteiger partial charge in [-0.25, -0.2) is 0 Å². The number of rotatable bonds is 5. The number of carbonyl (C=O) groups excluding carboxylic acids is 3. The molecular formula is C27H37N3O5. The summed E-state index contributed by atoms with van der Waals surface area (Å²) in [4.78, 5) is 43.3. The summed E-state index contributed by atoms with van der Waals surface area (Å²) in [5.41, 5.74) is 0.747. The number of nitrogens with one attached hydrogen (secondary N) is 1. The number of Topliss-reactive ketones (excluding diaryl/α,β-unsaturated/α-hetero) is 1. The van der Waals surface area contributed by atoms with Crippen molar-refractivity contribution in [3.63, 3.8) is 0 Å². The molecule has 3 aliphatic heterocycles. The highest BCUT2D eigenvalue weighted by Crippen LogP contribution is 2.36. The molecule has 0 radical (unpaired) electrons. The van der Waals surface area contributed by atoms with Crippen LogP contribution in [-0.2, 0) is 14.3 Å². The zero-order chi connectivity index (χ0) is 24.7. The second-order valence-electron chi connectivity index (χ2n) is 11.0. The van der Waals surface area contributed by atoms with Crippen LogP contribution in [0, 0.1) is 0 Å². The van der Waals surface area contributed by atoms with Crippen LogP contribution in [0.5, 0.6) is 0 Å². The summed E-state index contributed by atoms with van der Waals surface area (Å²) in [6.45, 7) is 6.63. The third-order valence-electron chi connectivity index (χ3n) is 8.54. The molecule has 190 valence electrons. The number of ether oxygens (including phenoxy) is 1. The van der Waals surface area contributed by atoms with Gasteiger partial charge in [0, 0.05) is 11.6 Å². The number of fused-ring (bicyclic) bond motifs is 1. The van der Waals surface area contributed by atoms with Gasteiger partial charge < -0.3 is 25.0 Å². The van der Waals surface area contributed by atoms with Crippen molar-refractivity contribution in [1.29, 1.82) is 0 Å². The topological polar surface area (TPSA) is 99.2 Å². The predicted molar refractivity (Wildman–Crippen MR) is 130 cm³/mol. The average molecular weight is 484 g/mol. The molecule has 2 N–H and O–H groups in total. The van der Waals surface area contributed by atoms with Gasteiger partial charge in [0.1, 0.15) is 30.4 Å². The summed E-state index contributed by atoms with van der Waals surface area (Å²) in [7, 11) is 0. The number of aliphatic hydroxyl groups is 1. The van der Waals surface area contributed by atoms with Crippen LogP contribution in [-0.4, -0.2) is 88.6 Å². The molecule has 0 unspecified atom stereocenters. The SMILES string of the molecule is CC(C)N1CCC(c2ccc(C(=O)NC3(C(=O)N4C[C@H](O)[C@H]5OCC(=O)[C@H]54)CCCC3)cc2)CC1. The minimum Gasteiger partial charge on any atom is -0.388 e. The number of piperidine rings is 1. The first kappa shape index (κ1) is 24.4. The first-order valence-electron chi connectivity index (χ1n) is 13.1. The zero-order valence-corrected chi connectivity index (χ0v) is 20.7. The van der Waals surface area contributed by atoms with Crippen molar-refractivity contribution in [2.45, 2.75) is 88.1 Å². The average Bonchev–Trinajstić information content (AvgIpc) is 3.57. The molecule has 5 rings (SSSR count). The Balaban J connectivity index is 1.27. The third-order valence-corrected chi connectivity index (χ3v) is 8.54. The molecule has 0 bridgehead atoms. The summed E-state index contributed by atoms with van der Waals surface area (Å²) in [5, 5.41) is 13.4. The molecule has 3 saturated heterocycles. The van der Waals surface area contributed by atoms with E-state index < -0.39 is 23.8 Å². The largest absolute Gasteiger partial charge is 0.388 e. The van der Waals surface area contributed by atoms with E-state index in [1.807, 2.05) is 24.3 Å². The second-order valence-corrected chi connectivity index (χ2v) is 11.0. The Labute approximate surface area is 207 Å². The first-order valence-corrected chi connectivity index (χ1v) is 13.1. The zero-order valence-electron chi connectivity index (χ0n) is 20.7. The molecule has 3 heterocycles. The molecule has 1 aromatic rings. The monoisotopic (exact) mass is 483 g/mol. The highest BCUT2D eigenvalue weighted by atomic mass is 16.5. The summed E-state index contributed by atoms with van der Waals surface area (Å²) in [6, 6.07) is 7.62. The first-order chi connectivity index (χ1) is 16.8. The fraction of sp³-hybridized carbons (Fsp3) is 0.667. The Bertz CT molecular complexity index is 964. The maximum Gasteiger partial charge on any atom is 0.252 e. The van der Waals surface area contributed by atoms with Crippen molar-refractivity contribution in [2.75, 3.05) is 26.2 Å². The molecule has 1 aliphatic carbocycles. The lowest BCUT2D eigenvalue weighted by Crippen LogP contribution is -2.60. The van der Waals surface area contributed by atoms with Crippen LogP contribution in [0.3, 0.4) is 0 Å². The quantitative estimate of drug-likeness (QED) is 0.663. The Morgan fingerprint density at radius 1 is 1.11 bits per heavy atom. The summed E-state index contributed by atoms with van der Waals surface area (Å²) < 4.78 is 5.42. The predicted octanol–water partition coefficient (Wildman–Crippen LogP) is 1.86. The Morgan fingerprint density at radius 3 is 2.40 bits per heavy atom. The molecule has 1 saturated carbocycles. The number of hydrogen-bond acceptors (Lipinski definition) is 6. The second kappa shape index (κ2) is 9.64. The maximum atomic E-state index is 13.7. The number of β-amino-alcohol motifs (C(OH)–C–C–N with tert-alkyl or cyclic N) is 1. The van der Waals surface area contributed by atoms with Crippen LogP contribution in [0.1, 0.15) is 74.2 Å². The molecule has 35 heavy (non-hydrogen) atoms. The molecule has 2 amide bonds. The van der Waals surface area contributed by atoms with E-state index in [2.05, 4.69) is 24.1 Å². The smallest absolute Gasteiger partial charge is 0.252 e. The number of hydrogen-bond donors (Lipinski definition) is 2. The number of likely N-dealkylation sites (tertiary alicyclic amines) is 2. The molecule has 1 aromatic carbocycles. The van der Waals surface area contributed by atoms with Crippen LogP contribution in [0.4, 0.5) is 0 Å². The molecule has 3 atom stereocenters. The molecule has 8 heteroatoms. The van der Waals surface area contributed by atoms with E-state index in [1.54, 1.807) is 0 Å². The van der Waals surface area contributed by atoms with Gasteiger partial charge in [-0.3, -0.25) is 14.4 Å². The minimum atomic E-state index is -1.04. The molecular weight excluding hydrogens is 446 g/mol. The maximum absolute atomic E-state index is 13.7. The third kappa shape index (κ3) is 4.52. The van der Waals surface area contributed by atoms with Crippen LogP contribution in [0.15, 0.2) is 24.3 Å². The van der Waals surface area contributed by atoms with E-state index in [0.717, 1.165) is 38.8 Å². The Hall–Kier alpha value is -2.29. The van der Waals surface area contributed by atoms with Crippen LogP contribution >= 0.6 is 0 Å². The van der Waals surface area contributed by atoms with Crippen LogP contribution < -0.4 is 5.32 Å². The lowest BCUT2D eigenvalue weighted by atomic mass is 9.88. The van der Waals surface area contributed by atoms with E-state index in [9.17, 15) is 19.5 Å². The number of carbonyl (C=O) groups is 3. The van der Waals surface area contributed by atoms with Crippen LogP contribution in [0.2, 0.25) is 0 Å². The summed E-state index contributed by atoms with van der Waals surface area (Å²) in [6.07, 6.45) is 3.40. The fourth-order valence-corrected chi connectivity index (χ4v) is 6.43. The highest BCUT2D eigenvalue weighted by molar-refractivity contribution is 6.01. The number of benzene rings is 1. The van der Waals surface area contributed by atoms with Crippen molar-refractivity contribution in [3.05, 3.63) is 35.4 Å². The Kier molecular flexibility index (Phi) is 6.72. The van der Waals surface area contributed by atoms with Gasteiger partial charge in [-0.05, 0) is 76.2 Å². The van der Waals surface area contributed by atoms with E-state index in [1.165, 1.54) is 10.5 Å². The summed E-state index contributed by atoms with van der Waals surface area (Å²) in [5.74, 6) is -0.228. The van der Waals surface area contributed by atoms with Gasteiger partial charge in [-0.2, -0.15) is 0 Å². The lowest BCUT2D eigenvalue weighted by Gasteiger charge is -2.35. The van der Waals surface area contributed by atoms with Gasteiger partial charge in [0.15, 0.2) is 5.78 Å². The molecule has 4 fully saturated rings.